The maximum atomic E-state index is 12.7. The summed E-state index contributed by atoms with van der Waals surface area (Å²) in [6.07, 6.45) is 0.0307. The Bertz CT molecular complexity index is 786. The third kappa shape index (κ3) is 8.46. The van der Waals surface area contributed by atoms with Crippen molar-refractivity contribution in [1.82, 2.24) is 16.0 Å². The van der Waals surface area contributed by atoms with Gasteiger partial charge >= 0.3 is 5.97 Å². The lowest BCUT2D eigenvalue weighted by atomic mass is 10.0. The van der Waals surface area contributed by atoms with E-state index in [1.807, 2.05) is 0 Å². The fourth-order valence-corrected chi connectivity index (χ4v) is 2.75. The number of nitrogens with one attached hydrogen (secondary N) is 3. The normalized spacial score (nSPS) is 14.8. The van der Waals surface area contributed by atoms with E-state index in [0.29, 0.717) is 5.56 Å². The van der Waals surface area contributed by atoms with Crippen LogP contribution in [0.3, 0.4) is 0 Å². The van der Waals surface area contributed by atoms with Crippen molar-refractivity contribution in [3.8, 4) is 5.75 Å². The SMILES string of the molecule is CC(NC(=O)C(Cc1ccc(O)cc1)NC(=O)C(CS)NC(=O)C(N)C(C)C)C(=O)O. The van der Waals surface area contributed by atoms with Crippen LogP contribution in [0.2, 0.25) is 0 Å². The molecule has 1 aromatic rings. The van der Waals surface area contributed by atoms with Crippen LogP contribution >= 0.6 is 12.6 Å². The lowest BCUT2D eigenvalue weighted by molar-refractivity contribution is -0.141. The highest BCUT2D eigenvalue weighted by molar-refractivity contribution is 7.80. The fourth-order valence-electron chi connectivity index (χ4n) is 2.49. The minimum atomic E-state index is -1.23. The monoisotopic (exact) mass is 454 g/mol. The molecule has 0 saturated carbocycles. The average molecular weight is 455 g/mol. The van der Waals surface area contributed by atoms with Crippen molar-refractivity contribution in [3.63, 3.8) is 0 Å². The first-order chi connectivity index (χ1) is 14.5. The molecule has 172 valence electrons. The van der Waals surface area contributed by atoms with Gasteiger partial charge in [-0.2, -0.15) is 12.6 Å². The van der Waals surface area contributed by atoms with Gasteiger partial charge < -0.3 is 31.9 Å². The zero-order chi connectivity index (χ0) is 23.7. The number of rotatable bonds is 11. The van der Waals surface area contributed by atoms with Gasteiger partial charge in [0.1, 0.15) is 23.9 Å². The van der Waals surface area contributed by atoms with Crippen molar-refractivity contribution >= 4 is 36.3 Å². The molecule has 0 aliphatic heterocycles. The summed E-state index contributed by atoms with van der Waals surface area (Å²) in [7, 11) is 0. The van der Waals surface area contributed by atoms with E-state index in [9.17, 15) is 24.3 Å². The second-order valence-electron chi connectivity index (χ2n) is 7.51. The van der Waals surface area contributed by atoms with Gasteiger partial charge in [-0.1, -0.05) is 26.0 Å². The molecule has 0 fully saturated rings. The van der Waals surface area contributed by atoms with Crippen molar-refractivity contribution in [2.24, 2.45) is 11.7 Å². The molecule has 0 aromatic heterocycles. The maximum Gasteiger partial charge on any atom is 0.325 e. The summed E-state index contributed by atoms with van der Waals surface area (Å²) in [6.45, 7) is 4.83. The third-order valence-corrected chi connectivity index (χ3v) is 4.94. The van der Waals surface area contributed by atoms with Crippen LogP contribution in [0.4, 0.5) is 0 Å². The van der Waals surface area contributed by atoms with E-state index in [1.54, 1.807) is 26.0 Å². The van der Waals surface area contributed by atoms with E-state index in [4.69, 9.17) is 10.8 Å². The van der Waals surface area contributed by atoms with Crippen LogP contribution in [0.25, 0.3) is 0 Å². The van der Waals surface area contributed by atoms with Gasteiger partial charge in [0, 0.05) is 12.2 Å². The topological polar surface area (TPSA) is 171 Å². The summed E-state index contributed by atoms with van der Waals surface area (Å²) >= 11 is 4.09. The van der Waals surface area contributed by atoms with Gasteiger partial charge in [-0.25, -0.2) is 0 Å². The molecule has 1 aromatic carbocycles. The smallest absolute Gasteiger partial charge is 0.325 e. The van der Waals surface area contributed by atoms with E-state index in [-0.39, 0.29) is 23.8 Å². The molecular weight excluding hydrogens is 424 g/mol. The predicted molar refractivity (Wildman–Crippen MR) is 118 cm³/mol. The number of aliphatic carboxylic acids is 1. The lowest BCUT2D eigenvalue weighted by Gasteiger charge is -2.24. The van der Waals surface area contributed by atoms with Gasteiger partial charge in [-0.3, -0.25) is 19.2 Å². The number of carbonyl (C=O) groups is 4. The summed E-state index contributed by atoms with van der Waals surface area (Å²) in [4.78, 5) is 48.6. The minimum Gasteiger partial charge on any atom is -0.508 e. The molecule has 4 atom stereocenters. The quantitative estimate of drug-likeness (QED) is 0.219. The van der Waals surface area contributed by atoms with Crippen LogP contribution < -0.4 is 21.7 Å². The molecule has 3 amide bonds. The van der Waals surface area contributed by atoms with Gasteiger partial charge in [0.05, 0.1) is 6.04 Å². The highest BCUT2D eigenvalue weighted by atomic mass is 32.1. The summed E-state index contributed by atoms with van der Waals surface area (Å²) in [5, 5.41) is 25.8. The van der Waals surface area contributed by atoms with Gasteiger partial charge in [-0.05, 0) is 30.5 Å². The van der Waals surface area contributed by atoms with Gasteiger partial charge in [0.15, 0.2) is 0 Å². The highest BCUT2D eigenvalue weighted by Gasteiger charge is 2.29. The Morgan fingerprint density at radius 3 is 1.94 bits per heavy atom. The standard InChI is InChI=1S/C20H30N4O6S/c1-10(2)16(21)19(28)24-15(9-31)18(27)23-14(17(26)22-11(3)20(29)30)8-12-4-6-13(25)7-5-12/h4-7,10-11,14-16,25,31H,8-9,21H2,1-3H3,(H,22,26)(H,23,27)(H,24,28)(H,29,30). The number of amides is 3. The molecule has 11 heteroatoms. The van der Waals surface area contributed by atoms with Gasteiger partial charge in [-0.15, -0.1) is 0 Å². The van der Waals surface area contributed by atoms with Crippen LogP contribution in [0.15, 0.2) is 24.3 Å². The number of nitrogens with two attached hydrogens (primary N) is 1. The average Bonchev–Trinajstić information content (AvgIpc) is 2.71. The predicted octanol–water partition coefficient (Wildman–Crippen LogP) is -0.593. The Morgan fingerprint density at radius 2 is 1.45 bits per heavy atom. The van der Waals surface area contributed by atoms with Crippen LogP contribution in [0.1, 0.15) is 26.3 Å². The number of carboxylic acid groups (broad SMARTS) is 1. The van der Waals surface area contributed by atoms with Crippen molar-refractivity contribution in [2.45, 2.75) is 51.4 Å². The Morgan fingerprint density at radius 1 is 0.935 bits per heavy atom. The number of hydrogen-bond acceptors (Lipinski definition) is 7. The van der Waals surface area contributed by atoms with E-state index < -0.39 is 47.9 Å². The third-order valence-electron chi connectivity index (χ3n) is 4.57. The zero-order valence-corrected chi connectivity index (χ0v) is 18.6. The first-order valence-corrected chi connectivity index (χ1v) is 10.4. The highest BCUT2D eigenvalue weighted by Crippen LogP contribution is 2.12. The molecule has 0 radical (unpaired) electrons. The first kappa shape index (κ1) is 26.2. The molecule has 31 heavy (non-hydrogen) atoms. The number of carbonyl (C=O) groups excluding carboxylic acids is 3. The van der Waals surface area contributed by atoms with Crippen molar-refractivity contribution in [1.29, 1.82) is 0 Å². The summed E-state index contributed by atoms with van der Waals surface area (Å²) in [5.41, 5.74) is 6.42. The summed E-state index contributed by atoms with van der Waals surface area (Å²) in [6, 6.07) is 1.83. The fraction of sp³-hybridized carbons (Fsp3) is 0.500. The lowest BCUT2D eigenvalue weighted by Crippen LogP contribution is -2.58. The minimum absolute atomic E-state index is 0.0307. The number of thiol groups is 1. The second kappa shape index (κ2) is 12.2. The van der Waals surface area contributed by atoms with Gasteiger partial charge in [0.25, 0.3) is 0 Å². The van der Waals surface area contributed by atoms with E-state index in [2.05, 4.69) is 28.6 Å². The molecule has 0 spiro atoms. The van der Waals surface area contributed by atoms with Crippen molar-refractivity contribution in [3.05, 3.63) is 29.8 Å². The molecule has 4 unspecified atom stereocenters. The number of phenols is 1. The molecule has 0 saturated heterocycles. The van der Waals surface area contributed by atoms with E-state index >= 15 is 0 Å². The number of benzene rings is 1. The van der Waals surface area contributed by atoms with Crippen LogP contribution in [0, 0.1) is 5.92 Å². The van der Waals surface area contributed by atoms with Crippen molar-refractivity contribution < 1.29 is 29.4 Å². The molecule has 1 rings (SSSR count). The molecule has 0 aliphatic rings. The Balaban J connectivity index is 2.98. The second-order valence-corrected chi connectivity index (χ2v) is 7.88. The molecule has 0 heterocycles. The van der Waals surface area contributed by atoms with Gasteiger partial charge in [0.2, 0.25) is 17.7 Å². The van der Waals surface area contributed by atoms with E-state index in [1.165, 1.54) is 19.1 Å². The Labute approximate surface area is 186 Å². The Hall–Kier alpha value is -2.79. The molecule has 10 nitrogen and oxygen atoms in total. The maximum absolute atomic E-state index is 12.7. The molecule has 0 aliphatic carbocycles. The molecular formula is C20H30N4O6S. The number of phenolic OH excluding ortho intramolecular Hbond substituents is 1. The number of hydrogen-bond donors (Lipinski definition) is 7. The summed E-state index contributed by atoms with van der Waals surface area (Å²) < 4.78 is 0. The van der Waals surface area contributed by atoms with E-state index in [0.717, 1.165) is 0 Å². The van der Waals surface area contributed by atoms with Crippen LogP contribution in [-0.2, 0) is 25.6 Å². The summed E-state index contributed by atoms with van der Waals surface area (Å²) in [5.74, 6) is -3.28. The van der Waals surface area contributed by atoms with Crippen molar-refractivity contribution in [2.75, 3.05) is 5.75 Å². The van der Waals surface area contributed by atoms with Crippen LogP contribution in [-0.4, -0.2) is 63.8 Å². The largest absolute Gasteiger partial charge is 0.508 e. The first-order valence-electron chi connectivity index (χ1n) is 9.74. The number of carboxylic acids is 1. The number of aromatic hydroxyl groups is 1. The van der Waals surface area contributed by atoms with Crippen LogP contribution in [0.5, 0.6) is 5.75 Å². The Kier molecular flexibility index (Phi) is 10.3. The molecule has 7 N–H and O–H groups in total. The zero-order valence-electron chi connectivity index (χ0n) is 17.7. The molecule has 0 bridgehead atoms.